The fraction of sp³-hybridized carbons (Fsp3) is 0.0769. The summed E-state index contributed by atoms with van der Waals surface area (Å²) in [6.45, 7) is 1.87. The molecule has 20 heavy (non-hydrogen) atoms. The molecule has 0 aliphatic heterocycles. The van der Waals surface area contributed by atoms with Crippen LogP contribution in [0, 0.1) is 17.0 Å². The highest BCUT2D eigenvalue weighted by molar-refractivity contribution is 7.16. The van der Waals surface area contributed by atoms with Crippen molar-refractivity contribution in [3.05, 3.63) is 57.2 Å². The van der Waals surface area contributed by atoms with Crippen molar-refractivity contribution < 1.29 is 4.92 Å². The summed E-state index contributed by atoms with van der Waals surface area (Å²) in [5.41, 5.74) is 1.78. The van der Waals surface area contributed by atoms with E-state index in [-0.39, 0.29) is 5.00 Å². The molecule has 2 aromatic heterocycles. The number of aromatic nitrogens is 2. The third kappa shape index (κ3) is 2.19. The van der Waals surface area contributed by atoms with Gasteiger partial charge in [-0.1, -0.05) is 23.5 Å². The molecular weight excluding hydrogens is 276 g/mol. The number of rotatable bonds is 3. The molecule has 0 aliphatic rings. The first-order valence-corrected chi connectivity index (χ1v) is 6.69. The molecule has 1 aromatic carbocycles. The molecule has 0 N–H and O–H groups in total. The SMILES string of the molecule is Cc1nc2ccccc2n1/N=C/c1ccc([N+](=O)[O-])s1. The van der Waals surface area contributed by atoms with Gasteiger partial charge in [0, 0.05) is 6.07 Å². The minimum atomic E-state index is -0.403. The molecule has 0 unspecified atom stereocenters. The highest BCUT2D eigenvalue weighted by atomic mass is 32.1. The lowest BCUT2D eigenvalue weighted by atomic mass is 10.3. The first kappa shape index (κ1) is 12.5. The van der Waals surface area contributed by atoms with Crippen molar-refractivity contribution in [2.24, 2.45) is 5.10 Å². The summed E-state index contributed by atoms with van der Waals surface area (Å²) in [5, 5.41) is 15.1. The Labute approximate surface area is 118 Å². The quantitative estimate of drug-likeness (QED) is 0.421. The zero-order valence-electron chi connectivity index (χ0n) is 10.6. The van der Waals surface area contributed by atoms with Crippen molar-refractivity contribution in [1.29, 1.82) is 0 Å². The van der Waals surface area contributed by atoms with Crippen LogP contribution in [0.4, 0.5) is 5.00 Å². The summed E-state index contributed by atoms with van der Waals surface area (Å²) < 4.78 is 1.72. The van der Waals surface area contributed by atoms with Crippen molar-refractivity contribution in [3.8, 4) is 0 Å². The number of nitro groups is 1. The van der Waals surface area contributed by atoms with E-state index in [2.05, 4.69) is 10.1 Å². The van der Waals surface area contributed by atoms with Gasteiger partial charge in [-0.25, -0.2) is 9.66 Å². The van der Waals surface area contributed by atoms with Gasteiger partial charge in [-0.15, -0.1) is 0 Å². The van der Waals surface area contributed by atoms with Crippen LogP contribution < -0.4 is 0 Å². The standard InChI is InChI=1S/C13H10N4O2S/c1-9-15-11-4-2-3-5-12(11)16(9)14-8-10-6-7-13(20-10)17(18)19/h2-8H,1H3/b14-8+. The van der Waals surface area contributed by atoms with Crippen LogP contribution in [0.15, 0.2) is 41.5 Å². The average Bonchev–Trinajstić information content (AvgIpc) is 3.00. The van der Waals surface area contributed by atoms with Crippen LogP contribution in [0.25, 0.3) is 11.0 Å². The first-order valence-electron chi connectivity index (χ1n) is 5.88. The fourth-order valence-corrected chi connectivity index (χ4v) is 2.59. The van der Waals surface area contributed by atoms with Crippen molar-refractivity contribution in [3.63, 3.8) is 0 Å². The van der Waals surface area contributed by atoms with Crippen LogP contribution in [-0.2, 0) is 0 Å². The van der Waals surface area contributed by atoms with E-state index in [1.54, 1.807) is 17.0 Å². The Morgan fingerprint density at radius 1 is 1.35 bits per heavy atom. The number of hydrogen-bond acceptors (Lipinski definition) is 5. The van der Waals surface area contributed by atoms with Gasteiger partial charge in [0.05, 0.1) is 27.0 Å². The average molecular weight is 286 g/mol. The molecule has 0 fully saturated rings. The summed E-state index contributed by atoms with van der Waals surface area (Å²) in [6.07, 6.45) is 1.61. The predicted molar refractivity (Wildman–Crippen MR) is 78.4 cm³/mol. The molecule has 3 aromatic rings. The highest BCUT2D eigenvalue weighted by Crippen LogP contribution is 2.22. The minimum Gasteiger partial charge on any atom is -0.258 e. The smallest absolute Gasteiger partial charge is 0.258 e. The molecule has 0 bridgehead atoms. The molecule has 0 aliphatic carbocycles. The number of fused-ring (bicyclic) bond motifs is 1. The molecule has 3 rings (SSSR count). The highest BCUT2D eigenvalue weighted by Gasteiger charge is 2.09. The van der Waals surface area contributed by atoms with E-state index >= 15 is 0 Å². The van der Waals surface area contributed by atoms with E-state index in [9.17, 15) is 10.1 Å². The van der Waals surface area contributed by atoms with Gasteiger partial charge in [0.25, 0.3) is 0 Å². The van der Waals surface area contributed by atoms with Gasteiger partial charge >= 0.3 is 5.00 Å². The molecule has 2 heterocycles. The normalized spacial score (nSPS) is 11.4. The summed E-state index contributed by atoms with van der Waals surface area (Å²) in [6, 6.07) is 10.9. The van der Waals surface area contributed by atoms with Crippen LogP contribution in [0.2, 0.25) is 0 Å². The van der Waals surface area contributed by atoms with Gasteiger partial charge in [-0.2, -0.15) is 5.10 Å². The van der Waals surface area contributed by atoms with E-state index in [1.165, 1.54) is 6.07 Å². The lowest BCUT2D eigenvalue weighted by molar-refractivity contribution is -0.380. The summed E-state index contributed by atoms with van der Waals surface area (Å²) >= 11 is 1.09. The van der Waals surface area contributed by atoms with Gasteiger partial charge in [0.2, 0.25) is 0 Å². The van der Waals surface area contributed by atoms with Crippen LogP contribution in [0.3, 0.4) is 0 Å². The van der Waals surface area contributed by atoms with E-state index in [1.807, 2.05) is 31.2 Å². The van der Waals surface area contributed by atoms with E-state index in [0.717, 1.165) is 33.1 Å². The van der Waals surface area contributed by atoms with Gasteiger partial charge in [0.1, 0.15) is 5.82 Å². The van der Waals surface area contributed by atoms with Crippen LogP contribution in [-0.4, -0.2) is 20.8 Å². The Morgan fingerprint density at radius 3 is 2.90 bits per heavy atom. The van der Waals surface area contributed by atoms with E-state index < -0.39 is 4.92 Å². The Morgan fingerprint density at radius 2 is 2.15 bits per heavy atom. The summed E-state index contributed by atoms with van der Waals surface area (Å²) in [7, 11) is 0. The van der Waals surface area contributed by atoms with Crippen molar-refractivity contribution >= 4 is 33.6 Å². The summed E-state index contributed by atoms with van der Waals surface area (Å²) in [4.78, 5) is 15.4. The fourth-order valence-electron chi connectivity index (χ4n) is 1.90. The molecule has 0 saturated carbocycles. The number of thiophene rings is 1. The maximum atomic E-state index is 10.6. The second-order valence-corrected chi connectivity index (χ2v) is 5.23. The number of imidazole rings is 1. The van der Waals surface area contributed by atoms with Crippen LogP contribution in [0.1, 0.15) is 10.7 Å². The monoisotopic (exact) mass is 286 g/mol. The predicted octanol–water partition coefficient (Wildman–Crippen LogP) is 3.20. The van der Waals surface area contributed by atoms with Crippen LogP contribution >= 0.6 is 11.3 Å². The molecule has 0 spiro atoms. The Balaban J connectivity index is 1.97. The van der Waals surface area contributed by atoms with Crippen molar-refractivity contribution in [1.82, 2.24) is 9.66 Å². The molecular formula is C13H10N4O2S. The summed E-state index contributed by atoms with van der Waals surface area (Å²) in [5.74, 6) is 0.772. The zero-order valence-corrected chi connectivity index (χ0v) is 11.4. The second kappa shape index (κ2) is 4.86. The molecule has 0 atom stereocenters. The Kier molecular flexibility index (Phi) is 3.03. The van der Waals surface area contributed by atoms with Crippen molar-refractivity contribution in [2.75, 3.05) is 0 Å². The molecule has 0 amide bonds. The van der Waals surface area contributed by atoms with Gasteiger partial charge in [0.15, 0.2) is 0 Å². The molecule has 6 nitrogen and oxygen atoms in total. The van der Waals surface area contributed by atoms with Crippen LogP contribution in [0.5, 0.6) is 0 Å². The molecule has 0 radical (unpaired) electrons. The minimum absolute atomic E-state index is 0.110. The van der Waals surface area contributed by atoms with Gasteiger partial charge in [-0.3, -0.25) is 10.1 Å². The maximum absolute atomic E-state index is 10.6. The van der Waals surface area contributed by atoms with E-state index in [0.29, 0.717) is 0 Å². The topological polar surface area (TPSA) is 73.3 Å². The Hall–Kier alpha value is -2.54. The number of aryl methyl sites for hydroxylation is 1. The maximum Gasteiger partial charge on any atom is 0.324 e. The number of benzene rings is 1. The number of hydrogen-bond donors (Lipinski definition) is 0. The molecule has 100 valence electrons. The first-order chi connectivity index (χ1) is 9.65. The number of para-hydroxylation sites is 2. The largest absolute Gasteiger partial charge is 0.324 e. The van der Waals surface area contributed by atoms with Gasteiger partial charge < -0.3 is 0 Å². The third-order valence-corrected chi connectivity index (χ3v) is 3.76. The van der Waals surface area contributed by atoms with Gasteiger partial charge in [-0.05, 0) is 25.1 Å². The third-order valence-electron chi connectivity index (χ3n) is 2.79. The lowest BCUT2D eigenvalue weighted by Crippen LogP contribution is -1.92. The van der Waals surface area contributed by atoms with E-state index in [4.69, 9.17) is 0 Å². The molecule has 7 heteroatoms. The van der Waals surface area contributed by atoms with Crippen molar-refractivity contribution in [2.45, 2.75) is 6.92 Å². The molecule has 0 saturated heterocycles. The Bertz CT molecular complexity index is 819. The zero-order chi connectivity index (χ0) is 14.1. The lowest BCUT2D eigenvalue weighted by Gasteiger charge is -1.96. The second-order valence-electron chi connectivity index (χ2n) is 4.14. The number of nitrogens with zero attached hydrogens (tertiary/aromatic N) is 4.